The number of hydrogen-bond donors (Lipinski definition) is 2. The molecule has 4 nitrogen and oxygen atoms in total. The number of nitrogens with one attached hydrogen (secondary N) is 1. The molecule has 1 amide bonds. The van der Waals surface area contributed by atoms with E-state index in [4.69, 9.17) is 4.74 Å². The molecular formula is C16H20FNO3. The number of ether oxygens (including phenoxy) is 1. The van der Waals surface area contributed by atoms with Gasteiger partial charge in [-0.15, -0.1) is 0 Å². The molecule has 1 aliphatic carbocycles. The smallest absolute Gasteiger partial charge is 0.261 e. The van der Waals surface area contributed by atoms with E-state index in [1.165, 1.54) is 12.1 Å². The van der Waals surface area contributed by atoms with Crippen molar-refractivity contribution >= 4 is 5.91 Å². The van der Waals surface area contributed by atoms with Gasteiger partial charge in [0.15, 0.2) is 6.10 Å². The maximum Gasteiger partial charge on any atom is 0.261 e. The molecule has 1 heterocycles. The second kappa shape index (κ2) is 6.02. The fourth-order valence-corrected chi connectivity index (χ4v) is 3.17. The van der Waals surface area contributed by atoms with Crippen LogP contribution in [0.1, 0.15) is 31.2 Å². The topological polar surface area (TPSA) is 58.6 Å². The zero-order valence-electron chi connectivity index (χ0n) is 11.8. The number of hydrogen-bond acceptors (Lipinski definition) is 3. The zero-order chi connectivity index (χ0) is 14.8. The molecule has 0 radical (unpaired) electrons. The van der Waals surface area contributed by atoms with Crippen LogP contribution in [0.3, 0.4) is 0 Å². The molecule has 3 atom stereocenters. The first kappa shape index (κ1) is 14.3. The van der Waals surface area contributed by atoms with Gasteiger partial charge in [0.05, 0.1) is 6.10 Å². The third-order valence-electron chi connectivity index (χ3n) is 4.31. The summed E-state index contributed by atoms with van der Waals surface area (Å²) in [6, 6.07) is 4.32. The maximum absolute atomic E-state index is 13.1. The van der Waals surface area contributed by atoms with Crippen LogP contribution in [0.2, 0.25) is 0 Å². The zero-order valence-corrected chi connectivity index (χ0v) is 11.8. The summed E-state index contributed by atoms with van der Waals surface area (Å²) in [5, 5.41) is 12.5. The van der Waals surface area contributed by atoms with Crippen molar-refractivity contribution in [3.8, 4) is 5.75 Å². The van der Waals surface area contributed by atoms with Crippen molar-refractivity contribution in [3.05, 3.63) is 29.6 Å². The molecule has 1 saturated carbocycles. The minimum absolute atomic E-state index is 0.160. The summed E-state index contributed by atoms with van der Waals surface area (Å²) in [5.41, 5.74) is 0.739. The van der Waals surface area contributed by atoms with E-state index in [1.807, 2.05) is 0 Å². The van der Waals surface area contributed by atoms with E-state index in [0.717, 1.165) is 31.2 Å². The van der Waals surface area contributed by atoms with Gasteiger partial charge < -0.3 is 15.2 Å². The van der Waals surface area contributed by atoms with Crippen LogP contribution in [0.5, 0.6) is 5.75 Å². The fraction of sp³-hybridized carbons (Fsp3) is 0.562. The first-order chi connectivity index (χ1) is 10.1. The minimum atomic E-state index is -0.574. The van der Waals surface area contributed by atoms with E-state index in [0.29, 0.717) is 24.6 Å². The third kappa shape index (κ3) is 3.35. The Bertz CT molecular complexity index is 534. The normalized spacial score (nSPS) is 27.8. The molecule has 3 unspecified atom stereocenters. The van der Waals surface area contributed by atoms with Crippen molar-refractivity contribution in [2.75, 3.05) is 6.54 Å². The van der Waals surface area contributed by atoms with Crippen LogP contribution in [0, 0.1) is 11.7 Å². The van der Waals surface area contributed by atoms with Crippen molar-refractivity contribution in [1.82, 2.24) is 5.32 Å². The number of rotatable bonds is 3. The van der Waals surface area contributed by atoms with Gasteiger partial charge in [-0.1, -0.05) is 6.42 Å². The van der Waals surface area contributed by atoms with Crippen LogP contribution >= 0.6 is 0 Å². The second-order valence-corrected chi connectivity index (χ2v) is 5.99. The Morgan fingerprint density at radius 1 is 1.43 bits per heavy atom. The summed E-state index contributed by atoms with van der Waals surface area (Å²) in [6.07, 6.45) is 3.24. The highest BCUT2D eigenvalue weighted by Crippen LogP contribution is 2.29. The van der Waals surface area contributed by atoms with Crippen molar-refractivity contribution < 1.29 is 19.0 Å². The van der Waals surface area contributed by atoms with Gasteiger partial charge in [-0.25, -0.2) is 4.39 Å². The SMILES string of the molecule is O=C(NCC1CCCC(O)C1)C1Cc2cc(F)ccc2O1. The highest BCUT2D eigenvalue weighted by atomic mass is 19.1. The van der Waals surface area contributed by atoms with Crippen molar-refractivity contribution in [1.29, 1.82) is 0 Å². The minimum Gasteiger partial charge on any atom is -0.480 e. The van der Waals surface area contributed by atoms with Gasteiger partial charge in [-0.05, 0) is 43.4 Å². The molecule has 0 spiro atoms. The molecule has 114 valence electrons. The Labute approximate surface area is 123 Å². The van der Waals surface area contributed by atoms with E-state index in [-0.39, 0.29) is 17.8 Å². The molecule has 1 aliphatic heterocycles. The molecule has 2 N–H and O–H groups in total. The molecule has 0 aromatic heterocycles. The number of aliphatic hydroxyl groups is 1. The summed E-state index contributed by atoms with van der Waals surface area (Å²) in [7, 11) is 0. The van der Waals surface area contributed by atoms with Gasteiger partial charge in [0, 0.05) is 18.5 Å². The number of carbonyl (C=O) groups excluding carboxylic acids is 1. The number of fused-ring (bicyclic) bond motifs is 1. The van der Waals surface area contributed by atoms with Gasteiger partial charge in [-0.3, -0.25) is 4.79 Å². The Kier molecular flexibility index (Phi) is 4.10. The van der Waals surface area contributed by atoms with Crippen molar-refractivity contribution in [2.45, 2.75) is 44.3 Å². The molecule has 5 heteroatoms. The van der Waals surface area contributed by atoms with Crippen LogP contribution in [-0.2, 0) is 11.2 Å². The number of aliphatic hydroxyl groups excluding tert-OH is 1. The van der Waals surface area contributed by atoms with Gasteiger partial charge in [0.25, 0.3) is 5.91 Å². The first-order valence-corrected chi connectivity index (χ1v) is 7.52. The van der Waals surface area contributed by atoms with Gasteiger partial charge >= 0.3 is 0 Å². The third-order valence-corrected chi connectivity index (χ3v) is 4.31. The van der Waals surface area contributed by atoms with Gasteiger partial charge in [0.2, 0.25) is 0 Å². The van der Waals surface area contributed by atoms with Gasteiger partial charge in [0.1, 0.15) is 11.6 Å². The average molecular weight is 293 g/mol. The summed E-state index contributed by atoms with van der Waals surface area (Å²) in [6.45, 7) is 0.570. The molecule has 2 aliphatic rings. The largest absolute Gasteiger partial charge is 0.480 e. The average Bonchev–Trinajstić information content (AvgIpc) is 2.88. The predicted molar refractivity (Wildman–Crippen MR) is 75.5 cm³/mol. The molecule has 1 fully saturated rings. The molecule has 1 aromatic rings. The fourth-order valence-electron chi connectivity index (χ4n) is 3.17. The second-order valence-electron chi connectivity index (χ2n) is 5.99. The first-order valence-electron chi connectivity index (χ1n) is 7.52. The van der Waals surface area contributed by atoms with E-state index in [2.05, 4.69) is 5.32 Å². The van der Waals surface area contributed by atoms with Gasteiger partial charge in [-0.2, -0.15) is 0 Å². The highest BCUT2D eigenvalue weighted by Gasteiger charge is 2.30. The molecule has 3 rings (SSSR count). The molecule has 0 saturated heterocycles. The van der Waals surface area contributed by atoms with E-state index in [1.54, 1.807) is 6.07 Å². The van der Waals surface area contributed by atoms with Crippen molar-refractivity contribution in [2.24, 2.45) is 5.92 Å². The summed E-state index contributed by atoms with van der Waals surface area (Å²) >= 11 is 0. The van der Waals surface area contributed by atoms with Crippen LogP contribution in [-0.4, -0.2) is 29.8 Å². The highest BCUT2D eigenvalue weighted by molar-refractivity contribution is 5.82. The Morgan fingerprint density at radius 2 is 2.29 bits per heavy atom. The Balaban J connectivity index is 1.51. The van der Waals surface area contributed by atoms with E-state index >= 15 is 0 Å². The maximum atomic E-state index is 13.1. The lowest BCUT2D eigenvalue weighted by Gasteiger charge is -2.26. The van der Waals surface area contributed by atoms with Crippen LogP contribution < -0.4 is 10.1 Å². The quantitative estimate of drug-likeness (QED) is 0.893. The molecule has 1 aromatic carbocycles. The number of carbonyl (C=O) groups is 1. The lowest BCUT2D eigenvalue weighted by Crippen LogP contribution is -2.40. The summed E-state index contributed by atoms with van der Waals surface area (Å²) in [4.78, 5) is 12.1. The summed E-state index contributed by atoms with van der Waals surface area (Å²) < 4.78 is 18.7. The Hall–Kier alpha value is -1.62. The number of halogens is 1. The molecule has 21 heavy (non-hydrogen) atoms. The molecule has 0 bridgehead atoms. The number of amides is 1. The lowest BCUT2D eigenvalue weighted by molar-refractivity contribution is -0.127. The predicted octanol–water partition coefficient (Wildman–Crippen LogP) is 1.80. The van der Waals surface area contributed by atoms with Crippen LogP contribution in [0.25, 0.3) is 0 Å². The van der Waals surface area contributed by atoms with Crippen LogP contribution in [0.15, 0.2) is 18.2 Å². The monoisotopic (exact) mass is 293 g/mol. The van der Waals surface area contributed by atoms with E-state index in [9.17, 15) is 14.3 Å². The standard InChI is InChI=1S/C16H20FNO3/c17-12-4-5-14-11(7-12)8-15(21-14)16(20)18-9-10-2-1-3-13(19)6-10/h4-5,7,10,13,15,19H,1-3,6,8-9H2,(H,18,20). The molecular weight excluding hydrogens is 273 g/mol. The van der Waals surface area contributed by atoms with E-state index < -0.39 is 6.10 Å². The Morgan fingerprint density at radius 3 is 3.10 bits per heavy atom. The number of benzene rings is 1. The lowest BCUT2D eigenvalue weighted by atomic mass is 9.87. The van der Waals surface area contributed by atoms with Crippen LogP contribution in [0.4, 0.5) is 4.39 Å². The summed E-state index contributed by atoms with van der Waals surface area (Å²) in [5.74, 6) is 0.449. The van der Waals surface area contributed by atoms with Crippen molar-refractivity contribution in [3.63, 3.8) is 0 Å².